The van der Waals surface area contributed by atoms with E-state index in [1.54, 1.807) is 0 Å². The molecule has 1 heteroatoms. The second-order valence-electron chi connectivity index (χ2n) is 5.15. The maximum atomic E-state index is 11.9. The zero-order valence-corrected chi connectivity index (χ0v) is 10.7. The standard InChI is InChI=1S/C15H26O/c1-3-5-6-8-15(16)14-11-9-13(7-4-2)10-12-14/h3,13-14H,1,4-12H2,2H3. The van der Waals surface area contributed by atoms with E-state index in [4.69, 9.17) is 0 Å². The van der Waals surface area contributed by atoms with Crippen LogP contribution in [0.3, 0.4) is 0 Å². The molecule has 0 atom stereocenters. The van der Waals surface area contributed by atoms with Crippen molar-refractivity contribution in [3.8, 4) is 0 Å². The summed E-state index contributed by atoms with van der Waals surface area (Å²) in [6, 6.07) is 0. The van der Waals surface area contributed by atoms with E-state index in [1.807, 2.05) is 6.08 Å². The molecular formula is C15H26O. The van der Waals surface area contributed by atoms with Crippen molar-refractivity contribution in [3.05, 3.63) is 12.7 Å². The second-order valence-corrected chi connectivity index (χ2v) is 5.15. The molecule has 0 spiro atoms. The van der Waals surface area contributed by atoms with E-state index in [0.29, 0.717) is 11.7 Å². The zero-order valence-electron chi connectivity index (χ0n) is 10.7. The lowest BCUT2D eigenvalue weighted by Gasteiger charge is -2.27. The number of unbranched alkanes of at least 4 members (excludes halogenated alkanes) is 1. The molecule has 1 aliphatic carbocycles. The summed E-state index contributed by atoms with van der Waals surface area (Å²) >= 11 is 0. The average Bonchev–Trinajstić information content (AvgIpc) is 2.30. The Morgan fingerprint density at radius 2 is 2.00 bits per heavy atom. The van der Waals surface area contributed by atoms with Crippen LogP contribution in [0.15, 0.2) is 12.7 Å². The van der Waals surface area contributed by atoms with Gasteiger partial charge in [0.05, 0.1) is 0 Å². The van der Waals surface area contributed by atoms with Gasteiger partial charge in [-0.15, -0.1) is 6.58 Å². The fourth-order valence-corrected chi connectivity index (χ4v) is 2.81. The Morgan fingerprint density at radius 1 is 1.31 bits per heavy atom. The lowest BCUT2D eigenvalue weighted by atomic mass is 9.77. The molecule has 0 N–H and O–H groups in total. The minimum atomic E-state index is 0.387. The Kier molecular flexibility index (Phi) is 6.44. The normalized spacial score (nSPS) is 25.3. The van der Waals surface area contributed by atoms with Gasteiger partial charge in [0.1, 0.15) is 5.78 Å². The van der Waals surface area contributed by atoms with Crippen LogP contribution < -0.4 is 0 Å². The van der Waals surface area contributed by atoms with Gasteiger partial charge in [-0.05, 0) is 44.4 Å². The van der Waals surface area contributed by atoms with Crippen molar-refractivity contribution in [2.24, 2.45) is 11.8 Å². The second kappa shape index (κ2) is 7.65. The van der Waals surface area contributed by atoms with Crippen LogP contribution in [0.1, 0.15) is 64.7 Å². The number of hydrogen-bond donors (Lipinski definition) is 0. The Bertz CT molecular complexity index is 211. The van der Waals surface area contributed by atoms with Crippen LogP contribution in [0, 0.1) is 11.8 Å². The summed E-state index contributed by atoms with van der Waals surface area (Å²) in [5.74, 6) is 1.80. The third-order valence-corrected chi connectivity index (χ3v) is 3.83. The van der Waals surface area contributed by atoms with Crippen molar-refractivity contribution >= 4 is 5.78 Å². The van der Waals surface area contributed by atoms with Gasteiger partial charge in [0, 0.05) is 12.3 Å². The van der Waals surface area contributed by atoms with E-state index in [0.717, 1.165) is 38.0 Å². The van der Waals surface area contributed by atoms with Crippen molar-refractivity contribution in [2.75, 3.05) is 0 Å². The molecule has 1 rings (SSSR count). The Morgan fingerprint density at radius 3 is 2.56 bits per heavy atom. The largest absolute Gasteiger partial charge is 0.299 e. The molecule has 1 aliphatic rings. The molecule has 0 amide bonds. The number of ketones is 1. The molecular weight excluding hydrogens is 196 g/mol. The first-order valence-corrected chi connectivity index (χ1v) is 6.91. The van der Waals surface area contributed by atoms with Crippen molar-refractivity contribution in [1.29, 1.82) is 0 Å². The van der Waals surface area contributed by atoms with Crippen LogP contribution in [0.2, 0.25) is 0 Å². The van der Waals surface area contributed by atoms with Crippen molar-refractivity contribution in [3.63, 3.8) is 0 Å². The van der Waals surface area contributed by atoms with Crippen LogP contribution in [-0.2, 0) is 4.79 Å². The van der Waals surface area contributed by atoms with Gasteiger partial charge in [0.2, 0.25) is 0 Å². The lowest BCUT2D eigenvalue weighted by Crippen LogP contribution is -2.21. The molecule has 0 aliphatic heterocycles. The lowest BCUT2D eigenvalue weighted by molar-refractivity contribution is -0.124. The highest BCUT2D eigenvalue weighted by molar-refractivity contribution is 5.81. The molecule has 92 valence electrons. The SMILES string of the molecule is C=CCCCC(=O)C1CCC(CCC)CC1. The first kappa shape index (κ1) is 13.5. The van der Waals surface area contributed by atoms with Crippen LogP contribution in [0.5, 0.6) is 0 Å². The van der Waals surface area contributed by atoms with Crippen molar-refractivity contribution in [2.45, 2.75) is 64.7 Å². The maximum Gasteiger partial charge on any atom is 0.135 e. The molecule has 0 aromatic rings. The summed E-state index contributed by atoms with van der Waals surface area (Å²) in [4.78, 5) is 11.9. The van der Waals surface area contributed by atoms with E-state index in [9.17, 15) is 4.79 Å². The summed E-state index contributed by atoms with van der Waals surface area (Å²) in [5.41, 5.74) is 0. The third-order valence-electron chi connectivity index (χ3n) is 3.83. The van der Waals surface area contributed by atoms with E-state index in [-0.39, 0.29) is 0 Å². The highest BCUT2D eigenvalue weighted by atomic mass is 16.1. The molecule has 0 radical (unpaired) electrons. The number of allylic oxidation sites excluding steroid dienone is 1. The molecule has 0 heterocycles. The van der Waals surface area contributed by atoms with Gasteiger partial charge in [-0.2, -0.15) is 0 Å². The van der Waals surface area contributed by atoms with Crippen molar-refractivity contribution in [1.82, 2.24) is 0 Å². The van der Waals surface area contributed by atoms with Gasteiger partial charge >= 0.3 is 0 Å². The number of rotatable bonds is 7. The summed E-state index contributed by atoms with van der Waals surface area (Å²) < 4.78 is 0. The maximum absolute atomic E-state index is 11.9. The van der Waals surface area contributed by atoms with Crippen LogP contribution >= 0.6 is 0 Å². The Balaban J connectivity index is 2.19. The minimum absolute atomic E-state index is 0.387. The van der Waals surface area contributed by atoms with Crippen LogP contribution in [-0.4, -0.2) is 5.78 Å². The topological polar surface area (TPSA) is 17.1 Å². The molecule has 16 heavy (non-hydrogen) atoms. The van der Waals surface area contributed by atoms with Gasteiger partial charge < -0.3 is 0 Å². The first-order valence-electron chi connectivity index (χ1n) is 6.91. The predicted octanol–water partition coefficient (Wildman–Crippen LogP) is 4.52. The van der Waals surface area contributed by atoms with E-state index < -0.39 is 0 Å². The molecule has 0 saturated heterocycles. The van der Waals surface area contributed by atoms with Gasteiger partial charge in [0.25, 0.3) is 0 Å². The summed E-state index contributed by atoms with van der Waals surface area (Å²) in [5, 5.41) is 0. The molecule has 1 saturated carbocycles. The zero-order chi connectivity index (χ0) is 11.8. The fraction of sp³-hybridized carbons (Fsp3) is 0.800. The molecule has 0 aromatic heterocycles. The Labute approximate surface area is 100 Å². The van der Waals surface area contributed by atoms with Gasteiger partial charge in [-0.1, -0.05) is 25.8 Å². The van der Waals surface area contributed by atoms with E-state index in [1.165, 1.54) is 25.7 Å². The third kappa shape index (κ3) is 4.51. The average molecular weight is 222 g/mol. The predicted molar refractivity (Wildman–Crippen MR) is 69.4 cm³/mol. The quantitative estimate of drug-likeness (QED) is 0.457. The number of Topliss-reactive ketones (excluding diaryl/α,β-unsaturated/α-hetero) is 1. The van der Waals surface area contributed by atoms with Crippen LogP contribution in [0.25, 0.3) is 0 Å². The van der Waals surface area contributed by atoms with Gasteiger partial charge in [-0.3, -0.25) is 4.79 Å². The molecule has 1 nitrogen and oxygen atoms in total. The van der Waals surface area contributed by atoms with Gasteiger partial charge in [0.15, 0.2) is 0 Å². The number of carbonyl (C=O) groups is 1. The monoisotopic (exact) mass is 222 g/mol. The molecule has 0 unspecified atom stereocenters. The van der Waals surface area contributed by atoms with E-state index >= 15 is 0 Å². The number of hydrogen-bond acceptors (Lipinski definition) is 1. The minimum Gasteiger partial charge on any atom is -0.299 e. The first-order chi connectivity index (χ1) is 7.77. The summed E-state index contributed by atoms with van der Waals surface area (Å²) in [6.07, 6.45) is 12.2. The highest BCUT2D eigenvalue weighted by Crippen LogP contribution is 2.32. The molecule has 1 fully saturated rings. The molecule has 0 bridgehead atoms. The fourth-order valence-electron chi connectivity index (χ4n) is 2.81. The number of carbonyl (C=O) groups excluding carboxylic acids is 1. The van der Waals surface area contributed by atoms with Crippen molar-refractivity contribution < 1.29 is 4.79 Å². The van der Waals surface area contributed by atoms with Gasteiger partial charge in [-0.25, -0.2) is 0 Å². The highest BCUT2D eigenvalue weighted by Gasteiger charge is 2.24. The summed E-state index contributed by atoms with van der Waals surface area (Å²) in [7, 11) is 0. The summed E-state index contributed by atoms with van der Waals surface area (Å²) in [6.45, 7) is 5.95. The molecule has 0 aromatic carbocycles. The Hall–Kier alpha value is -0.590. The van der Waals surface area contributed by atoms with Crippen LogP contribution in [0.4, 0.5) is 0 Å². The smallest absolute Gasteiger partial charge is 0.135 e. The van der Waals surface area contributed by atoms with E-state index in [2.05, 4.69) is 13.5 Å².